The van der Waals surface area contributed by atoms with E-state index in [4.69, 9.17) is 17.4 Å². The Hall–Kier alpha value is -4.16. The zero-order chi connectivity index (χ0) is 33.4. The number of morpholine rings is 1. The molecule has 9 nitrogen and oxygen atoms in total. The van der Waals surface area contributed by atoms with E-state index in [1.54, 1.807) is 18.2 Å². The average Bonchev–Trinajstić information content (AvgIpc) is 3.08. The topological polar surface area (TPSA) is 134 Å². The standard InChI is InChI=1S/C36H39N3O6S2/c1-47(43,44)29-17-10-16-27(21-29)34(46)31-23-37-22-28(45-31)20-19-24-11-8-9-18-30(24)38-35(40)33(39-36(41)42)32(25-12-4-2-5-13-25)26-14-6-3-7-15-26/h2-18,21,28,31-34,37,39,46H,19-20,22-23H2,1H3,(H,38,40)(H,41,42)/t28-,31+,33+,34?/m1/s1. The van der Waals surface area contributed by atoms with Gasteiger partial charge in [0.25, 0.3) is 0 Å². The molecule has 47 heavy (non-hydrogen) atoms. The first-order valence-corrected chi connectivity index (χ1v) is 17.8. The van der Waals surface area contributed by atoms with Gasteiger partial charge in [0, 0.05) is 31.0 Å². The smallest absolute Gasteiger partial charge is 0.405 e. The van der Waals surface area contributed by atoms with Gasteiger partial charge in [-0.15, -0.1) is 0 Å². The SMILES string of the molecule is CS(=O)(=O)c1cccc(C(S)[C@@H]2CNC[C@@H](CCc3ccccc3NC(=O)[C@@H](NC(=O)O)C(c3ccccc3)c3ccccc3)O2)c1. The molecule has 1 aliphatic heterocycles. The van der Waals surface area contributed by atoms with E-state index in [9.17, 15) is 23.1 Å². The number of anilines is 1. The maximum Gasteiger partial charge on any atom is 0.405 e. The van der Waals surface area contributed by atoms with Crippen LogP contribution in [0.5, 0.6) is 0 Å². The number of rotatable bonds is 12. The summed E-state index contributed by atoms with van der Waals surface area (Å²) in [4.78, 5) is 26.1. The van der Waals surface area contributed by atoms with E-state index < -0.39 is 33.8 Å². The number of aryl methyl sites for hydroxylation is 1. The van der Waals surface area contributed by atoms with Gasteiger partial charge in [0.1, 0.15) is 6.04 Å². The van der Waals surface area contributed by atoms with E-state index >= 15 is 0 Å². The van der Waals surface area contributed by atoms with Crippen LogP contribution >= 0.6 is 12.6 Å². The highest BCUT2D eigenvalue weighted by molar-refractivity contribution is 7.90. The molecule has 1 heterocycles. The highest BCUT2D eigenvalue weighted by Crippen LogP contribution is 2.32. The van der Waals surface area contributed by atoms with Crippen LogP contribution in [-0.2, 0) is 25.8 Å². The molecule has 11 heteroatoms. The van der Waals surface area contributed by atoms with Crippen molar-refractivity contribution < 1.29 is 27.9 Å². The number of carbonyl (C=O) groups excluding carboxylic acids is 1. The highest BCUT2D eigenvalue weighted by atomic mass is 32.2. The minimum Gasteiger partial charge on any atom is -0.465 e. The molecule has 0 bridgehead atoms. The molecular formula is C36H39N3O6S2. The first-order chi connectivity index (χ1) is 22.6. The van der Waals surface area contributed by atoms with Crippen molar-refractivity contribution in [2.45, 2.75) is 47.2 Å². The summed E-state index contributed by atoms with van der Waals surface area (Å²) in [7, 11) is -3.35. The molecule has 4 N–H and O–H groups in total. The first kappa shape index (κ1) is 34.2. The second kappa shape index (κ2) is 15.6. The third kappa shape index (κ3) is 9.01. The Bertz CT molecular complexity index is 1730. The summed E-state index contributed by atoms with van der Waals surface area (Å²) in [6.45, 7) is 1.21. The number of hydrogen-bond donors (Lipinski definition) is 5. The maximum absolute atomic E-state index is 13.9. The zero-order valence-corrected chi connectivity index (χ0v) is 27.7. The van der Waals surface area contributed by atoms with Gasteiger partial charge >= 0.3 is 6.09 Å². The summed E-state index contributed by atoms with van der Waals surface area (Å²) in [5.41, 5.74) is 3.87. The Balaban J connectivity index is 1.30. The van der Waals surface area contributed by atoms with E-state index in [1.807, 2.05) is 91.0 Å². The zero-order valence-electron chi connectivity index (χ0n) is 26.0. The van der Waals surface area contributed by atoms with Gasteiger partial charge in [-0.25, -0.2) is 13.2 Å². The van der Waals surface area contributed by atoms with Gasteiger partial charge in [-0.3, -0.25) is 4.79 Å². The predicted octanol–water partition coefficient (Wildman–Crippen LogP) is 5.46. The molecule has 4 aromatic carbocycles. The molecule has 5 rings (SSSR count). The van der Waals surface area contributed by atoms with Gasteiger partial charge < -0.3 is 25.8 Å². The van der Waals surface area contributed by atoms with Crippen molar-refractivity contribution in [2.24, 2.45) is 0 Å². The maximum atomic E-state index is 13.9. The Labute approximate surface area is 281 Å². The Morgan fingerprint density at radius 1 is 0.894 bits per heavy atom. The van der Waals surface area contributed by atoms with Crippen LogP contribution in [0.4, 0.5) is 10.5 Å². The molecule has 0 saturated carbocycles. The minimum atomic E-state index is -3.35. The summed E-state index contributed by atoms with van der Waals surface area (Å²) in [5, 5.41) is 18.3. The van der Waals surface area contributed by atoms with Crippen LogP contribution in [0.25, 0.3) is 0 Å². The van der Waals surface area contributed by atoms with Crippen LogP contribution in [-0.4, -0.2) is 63.1 Å². The van der Waals surface area contributed by atoms with Crippen LogP contribution in [0.3, 0.4) is 0 Å². The van der Waals surface area contributed by atoms with Crippen LogP contribution < -0.4 is 16.0 Å². The third-order valence-electron chi connectivity index (χ3n) is 8.29. The number of nitrogens with one attached hydrogen (secondary N) is 3. The molecule has 1 aliphatic rings. The molecule has 0 spiro atoms. The number of thiol groups is 1. The van der Waals surface area contributed by atoms with Crippen molar-refractivity contribution in [1.29, 1.82) is 0 Å². The van der Waals surface area contributed by atoms with E-state index in [-0.39, 0.29) is 22.4 Å². The van der Waals surface area contributed by atoms with Crippen molar-refractivity contribution in [2.75, 3.05) is 24.7 Å². The molecule has 1 fully saturated rings. The second-order valence-electron chi connectivity index (χ2n) is 11.7. The average molecular weight is 674 g/mol. The molecule has 4 atom stereocenters. The fourth-order valence-corrected chi connectivity index (χ4v) is 6.96. The number of hydrogen-bond acceptors (Lipinski definition) is 7. The number of sulfone groups is 1. The van der Waals surface area contributed by atoms with Crippen LogP contribution in [0.1, 0.15) is 39.8 Å². The lowest BCUT2D eigenvalue weighted by Crippen LogP contribution is -2.47. The number of para-hydroxylation sites is 1. The lowest BCUT2D eigenvalue weighted by molar-refractivity contribution is -0.118. The number of carboxylic acid groups (broad SMARTS) is 1. The van der Waals surface area contributed by atoms with Crippen LogP contribution in [0.2, 0.25) is 0 Å². The molecule has 0 radical (unpaired) electrons. The Morgan fingerprint density at radius 2 is 1.51 bits per heavy atom. The largest absolute Gasteiger partial charge is 0.465 e. The fourth-order valence-electron chi connectivity index (χ4n) is 5.95. The minimum absolute atomic E-state index is 0.146. The Kier molecular flexibility index (Phi) is 11.4. The molecule has 2 amide bonds. The second-order valence-corrected chi connectivity index (χ2v) is 14.2. The van der Waals surface area contributed by atoms with Gasteiger partial charge in [0.2, 0.25) is 5.91 Å². The van der Waals surface area contributed by atoms with Crippen molar-refractivity contribution in [3.63, 3.8) is 0 Å². The summed E-state index contributed by atoms with van der Waals surface area (Å²) < 4.78 is 30.6. The fraction of sp³-hybridized carbons (Fsp3) is 0.278. The van der Waals surface area contributed by atoms with E-state index in [0.717, 1.165) is 22.3 Å². The van der Waals surface area contributed by atoms with Crippen LogP contribution in [0.15, 0.2) is 114 Å². The molecule has 246 valence electrons. The molecule has 1 saturated heterocycles. The normalized spacial score (nSPS) is 17.9. The van der Waals surface area contributed by atoms with Crippen molar-refractivity contribution >= 4 is 40.2 Å². The summed E-state index contributed by atoms with van der Waals surface area (Å²) in [6, 6.07) is 31.9. The molecule has 0 aromatic heterocycles. The lowest BCUT2D eigenvalue weighted by Gasteiger charge is -2.34. The van der Waals surface area contributed by atoms with E-state index in [0.29, 0.717) is 31.6 Å². The summed E-state index contributed by atoms with van der Waals surface area (Å²) in [5.74, 6) is -1.03. The van der Waals surface area contributed by atoms with E-state index in [2.05, 4.69) is 16.0 Å². The first-order valence-electron chi connectivity index (χ1n) is 15.4. The van der Waals surface area contributed by atoms with Gasteiger partial charge in [0.15, 0.2) is 9.84 Å². The quantitative estimate of drug-likeness (QED) is 0.126. The molecular weight excluding hydrogens is 635 g/mol. The summed E-state index contributed by atoms with van der Waals surface area (Å²) >= 11 is 4.79. The Morgan fingerprint density at radius 3 is 2.15 bits per heavy atom. The molecule has 0 aliphatic carbocycles. The number of carbonyl (C=O) groups is 2. The predicted molar refractivity (Wildman–Crippen MR) is 186 cm³/mol. The van der Waals surface area contributed by atoms with Crippen molar-refractivity contribution in [1.82, 2.24) is 10.6 Å². The van der Waals surface area contributed by atoms with Gasteiger partial charge in [-0.05, 0) is 53.3 Å². The van der Waals surface area contributed by atoms with Crippen LogP contribution in [0, 0.1) is 0 Å². The summed E-state index contributed by atoms with van der Waals surface area (Å²) in [6.07, 6.45) is 0.701. The van der Waals surface area contributed by atoms with Gasteiger partial charge in [0.05, 0.1) is 22.4 Å². The van der Waals surface area contributed by atoms with Gasteiger partial charge in [-0.1, -0.05) is 91.0 Å². The number of benzene rings is 4. The van der Waals surface area contributed by atoms with E-state index in [1.165, 1.54) is 6.26 Å². The number of amides is 2. The van der Waals surface area contributed by atoms with Crippen molar-refractivity contribution in [3.05, 3.63) is 131 Å². The van der Waals surface area contributed by atoms with Crippen molar-refractivity contribution in [3.8, 4) is 0 Å². The van der Waals surface area contributed by atoms with Gasteiger partial charge in [-0.2, -0.15) is 12.6 Å². The monoisotopic (exact) mass is 673 g/mol. The third-order valence-corrected chi connectivity index (χ3v) is 10.0. The lowest BCUT2D eigenvalue weighted by atomic mass is 9.84. The molecule has 1 unspecified atom stereocenters. The number of ether oxygens (including phenoxy) is 1. The molecule has 4 aromatic rings. The highest BCUT2D eigenvalue weighted by Gasteiger charge is 2.33.